The molecular weight excluding hydrogens is 404 g/mol. The Bertz CT molecular complexity index is 955. The van der Waals surface area contributed by atoms with Gasteiger partial charge in [-0.3, -0.25) is 4.18 Å². The van der Waals surface area contributed by atoms with E-state index in [1.807, 2.05) is 6.92 Å². The Morgan fingerprint density at radius 2 is 1.90 bits per heavy atom. The number of azide groups is 2. The molecule has 5 atom stereocenters. The number of benzene rings is 1. The van der Waals surface area contributed by atoms with Gasteiger partial charge in [0, 0.05) is 9.82 Å². The summed E-state index contributed by atoms with van der Waals surface area (Å²) in [5.41, 5.74) is 18.5. The maximum Gasteiger partial charge on any atom is 0.297 e. The predicted molar refractivity (Wildman–Crippen MR) is 98.9 cm³/mol. The molecule has 0 N–H and O–H groups in total. The van der Waals surface area contributed by atoms with Crippen molar-refractivity contribution in [1.82, 2.24) is 0 Å². The van der Waals surface area contributed by atoms with Gasteiger partial charge >= 0.3 is 0 Å². The molecule has 29 heavy (non-hydrogen) atoms. The van der Waals surface area contributed by atoms with Gasteiger partial charge in [-0.05, 0) is 44.0 Å². The maximum absolute atomic E-state index is 12.7. The zero-order valence-corrected chi connectivity index (χ0v) is 16.8. The molecule has 0 saturated carbocycles. The fraction of sp³-hybridized carbons (Fsp3) is 0.625. The van der Waals surface area contributed by atoms with Crippen molar-refractivity contribution in [2.75, 3.05) is 6.54 Å². The number of rotatable bonds is 7. The van der Waals surface area contributed by atoms with Crippen molar-refractivity contribution < 1.29 is 26.8 Å². The molecule has 0 radical (unpaired) electrons. The smallest absolute Gasteiger partial charge is 0.297 e. The van der Waals surface area contributed by atoms with Gasteiger partial charge in [0.1, 0.15) is 12.2 Å². The molecule has 2 aliphatic rings. The van der Waals surface area contributed by atoms with Crippen molar-refractivity contribution in [3.63, 3.8) is 0 Å². The van der Waals surface area contributed by atoms with Gasteiger partial charge in [0.05, 0.1) is 23.6 Å². The Labute approximate surface area is 167 Å². The maximum atomic E-state index is 12.7. The number of hydrogen-bond acceptors (Lipinski definition) is 8. The molecule has 0 unspecified atom stereocenters. The van der Waals surface area contributed by atoms with Crippen molar-refractivity contribution in [3.05, 3.63) is 50.7 Å². The van der Waals surface area contributed by atoms with Crippen LogP contribution in [0.25, 0.3) is 20.9 Å². The number of fused-ring (bicyclic) bond motifs is 1. The molecule has 0 bridgehead atoms. The first-order valence-electron chi connectivity index (χ1n) is 8.73. The summed E-state index contributed by atoms with van der Waals surface area (Å²) in [6.07, 6.45) is -3.97. The molecule has 2 saturated heterocycles. The van der Waals surface area contributed by atoms with Gasteiger partial charge in [0.2, 0.25) is 0 Å². The van der Waals surface area contributed by atoms with Crippen LogP contribution >= 0.6 is 0 Å². The molecule has 2 heterocycles. The van der Waals surface area contributed by atoms with Gasteiger partial charge in [0.25, 0.3) is 10.1 Å². The van der Waals surface area contributed by atoms with E-state index in [1.165, 1.54) is 12.1 Å². The van der Waals surface area contributed by atoms with Crippen LogP contribution in [0.1, 0.15) is 19.4 Å². The number of nitrogens with zero attached hydrogens (tertiary/aromatic N) is 6. The third kappa shape index (κ3) is 4.62. The summed E-state index contributed by atoms with van der Waals surface area (Å²) in [6, 6.07) is 5.11. The average molecular weight is 424 g/mol. The van der Waals surface area contributed by atoms with Crippen molar-refractivity contribution in [3.8, 4) is 0 Å². The van der Waals surface area contributed by atoms with Gasteiger partial charge in [-0.25, -0.2) is 0 Å². The van der Waals surface area contributed by atoms with Crippen LogP contribution in [0.5, 0.6) is 0 Å². The molecule has 2 fully saturated rings. The Morgan fingerprint density at radius 3 is 2.52 bits per heavy atom. The Hall–Kier alpha value is -2.37. The first-order valence-corrected chi connectivity index (χ1v) is 10.1. The highest BCUT2D eigenvalue weighted by molar-refractivity contribution is 7.86. The molecule has 12 nitrogen and oxygen atoms in total. The minimum absolute atomic E-state index is 0.0683. The van der Waals surface area contributed by atoms with Crippen LogP contribution in [0.3, 0.4) is 0 Å². The van der Waals surface area contributed by atoms with E-state index in [-0.39, 0.29) is 11.4 Å². The van der Waals surface area contributed by atoms with E-state index in [1.54, 1.807) is 26.0 Å². The highest BCUT2D eigenvalue weighted by Gasteiger charge is 2.56. The summed E-state index contributed by atoms with van der Waals surface area (Å²) in [7, 11) is -4.21. The molecule has 0 aromatic heterocycles. The molecule has 2 aliphatic heterocycles. The summed E-state index contributed by atoms with van der Waals surface area (Å²) in [5.74, 6) is -0.960. The number of aryl methyl sites for hydroxylation is 1. The minimum atomic E-state index is -4.21. The van der Waals surface area contributed by atoms with Crippen LogP contribution in [-0.2, 0) is 28.5 Å². The zero-order valence-electron chi connectivity index (χ0n) is 15.9. The van der Waals surface area contributed by atoms with E-state index in [0.29, 0.717) is 0 Å². The lowest BCUT2D eigenvalue weighted by Gasteiger charge is -2.27. The number of ether oxygens (including phenoxy) is 3. The fourth-order valence-electron chi connectivity index (χ4n) is 3.24. The Balaban J connectivity index is 1.89. The van der Waals surface area contributed by atoms with Crippen molar-refractivity contribution in [1.29, 1.82) is 0 Å². The van der Waals surface area contributed by atoms with Crippen molar-refractivity contribution in [2.45, 2.75) is 62.1 Å². The topological polar surface area (TPSA) is 169 Å². The van der Waals surface area contributed by atoms with Crippen LogP contribution in [-0.4, -0.2) is 51.4 Å². The van der Waals surface area contributed by atoms with Crippen molar-refractivity contribution in [2.24, 2.45) is 10.2 Å². The number of hydrogen-bond donors (Lipinski definition) is 0. The lowest BCUT2D eigenvalue weighted by Crippen LogP contribution is -2.43. The second-order valence-corrected chi connectivity index (χ2v) is 8.65. The molecular formula is C16H20N6O6S. The quantitative estimate of drug-likeness (QED) is 0.282. The molecule has 0 amide bonds. The molecule has 13 heteroatoms. The van der Waals surface area contributed by atoms with Gasteiger partial charge in [-0.15, -0.1) is 0 Å². The first-order chi connectivity index (χ1) is 13.7. The van der Waals surface area contributed by atoms with Crippen LogP contribution in [0.2, 0.25) is 0 Å². The lowest BCUT2D eigenvalue weighted by atomic mass is 10.0. The SMILES string of the molecule is Cc1ccc(S(=O)(=O)O[C@@H](CN=[N+]=[N-])[C@H]2O[C@@H]3OC(C)(C)O[C@@H]3[C@H]2N=[N+]=[N-])cc1. The molecule has 0 spiro atoms. The third-order valence-corrected chi connectivity index (χ3v) is 5.84. The monoisotopic (exact) mass is 424 g/mol. The van der Waals surface area contributed by atoms with Crippen LogP contribution < -0.4 is 0 Å². The zero-order chi connectivity index (χ0) is 21.2. The summed E-state index contributed by atoms with van der Waals surface area (Å²) >= 11 is 0. The largest absolute Gasteiger partial charge is 0.343 e. The molecule has 1 aromatic carbocycles. The van der Waals surface area contributed by atoms with E-state index in [0.717, 1.165) is 5.56 Å². The van der Waals surface area contributed by atoms with E-state index in [4.69, 9.17) is 29.5 Å². The minimum Gasteiger partial charge on any atom is -0.343 e. The van der Waals surface area contributed by atoms with Crippen LogP contribution in [0.15, 0.2) is 39.4 Å². The first kappa shape index (κ1) is 21.3. The van der Waals surface area contributed by atoms with E-state index in [9.17, 15) is 8.42 Å². The second kappa shape index (κ2) is 8.17. The average Bonchev–Trinajstić information content (AvgIpc) is 3.12. The molecule has 1 aromatic rings. The Kier molecular flexibility index (Phi) is 6.01. The van der Waals surface area contributed by atoms with Crippen LogP contribution in [0.4, 0.5) is 0 Å². The second-order valence-electron chi connectivity index (χ2n) is 7.08. The summed E-state index contributed by atoms with van der Waals surface area (Å²) in [6.45, 7) is 4.80. The van der Waals surface area contributed by atoms with Crippen LogP contribution in [0, 0.1) is 6.92 Å². The summed E-state index contributed by atoms with van der Waals surface area (Å²) in [5, 5.41) is 7.12. The van der Waals surface area contributed by atoms with E-state index in [2.05, 4.69) is 20.1 Å². The molecule has 156 valence electrons. The fourth-order valence-corrected chi connectivity index (χ4v) is 4.32. The highest BCUT2D eigenvalue weighted by atomic mass is 32.2. The molecule has 0 aliphatic carbocycles. The third-order valence-electron chi connectivity index (χ3n) is 4.49. The highest BCUT2D eigenvalue weighted by Crippen LogP contribution is 2.40. The van der Waals surface area contributed by atoms with Crippen molar-refractivity contribution >= 4 is 10.1 Å². The normalized spacial score (nSPS) is 28.8. The lowest BCUT2D eigenvalue weighted by molar-refractivity contribution is -0.213. The van der Waals surface area contributed by atoms with Gasteiger partial charge in [-0.1, -0.05) is 27.9 Å². The summed E-state index contributed by atoms with van der Waals surface area (Å²) < 4.78 is 47.9. The summed E-state index contributed by atoms with van der Waals surface area (Å²) in [4.78, 5) is 5.39. The Morgan fingerprint density at radius 1 is 1.21 bits per heavy atom. The van der Waals surface area contributed by atoms with E-state index >= 15 is 0 Å². The molecule has 3 rings (SSSR count). The van der Waals surface area contributed by atoms with Gasteiger partial charge < -0.3 is 14.2 Å². The predicted octanol–water partition coefficient (Wildman–Crippen LogP) is 2.93. The standard InChI is InChI=1S/C16H20N6O6S/c1-9-4-6-10(7-5-9)29(23,24)28-11(8-19-21-17)13-12(20-22-18)14-15(25-13)27-16(2,3)26-14/h4-7,11-15H,8H2,1-3H3/t11-,12-,13+,14+,15+/m0/s1. The van der Waals surface area contributed by atoms with Gasteiger partial charge in [-0.2, -0.15) is 8.42 Å². The van der Waals surface area contributed by atoms with Gasteiger partial charge in [0.15, 0.2) is 12.1 Å². The van der Waals surface area contributed by atoms with E-state index < -0.39 is 46.5 Å².